The lowest BCUT2D eigenvalue weighted by Crippen LogP contribution is -2.52. The van der Waals surface area contributed by atoms with Gasteiger partial charge in [-0.1, -0.05) is 12.8 Å². The van der Waals surface area contributed by atoms with Crippen LogP contribution in [-0.4, -0.2) is 60.6 Å². The number of piperazine rings is 1. The Bertz CT molecular complexity index is 282. The molecule has 4 nitrogen and oxygen atoms in total. The Morgan fingerprint density at radius 3 is 2.42 bits per heavy atom. The van der Waals surface area contributed by atoms with Crippen LogP contribution in [0.1, 0.15) is 46.0 Å². The standard InChI is InChI=1S/C15H28N2O2/c1-3-19-15(18)12-13(2)16-8-10-17(11-9-16)14-6-4-5-7-14/h13-14H,3-12H2,1-2H3. The van der Waals surface area contributed by atoms with Crippen molar-refractivity contribution in [2.75, 3.05) is 32.8 Å². The second-order valence-corrected chi connectivity index (χ2v) is 5.87. The number of hydrogen-bond acceptors (Lipinski definition) is 4. The van der Waals surface area contributed by atoms with Gasteiger partial charge in [-0.3, -0.25) is 14.6 Å². The van der Waals surface area contributed by atoms with Gasteiger partial charge in [0, 0.05) is 38.3 Å². The maximum absolute atomic E-state index is 11.5. The number of hydrogen-bond donors (Lipinski definition) is 0. The van der Waals surface area contributed by atoms with Crippen LogP contribution >= 0.6 is 0 Å². The normalized spacial score (nSPS) is 24.5. The van der Waals surface area contributed by atoms with Crippen molar-refractivity contribution in [1.29, 1.82) is 0 Å². The summed E-state index contributed by atoms with van der Waals surface area (Å²) >= 11 is 0. The zero-order chi connectivity index (χ0) is 13.7. The first kappa shape index (κ1) is 14.8. The fourth-order valence-corrected chi connectivity index (χ4v) is 3.40. The Labute approximate surface area is 117 Å². The van der Waals surface area contributed by atoms with Crippen LogP contribution < -0.4 is 0 Å². The van der Waals surface area contributed by atoms with E-state index in [-0.39, 0.29) is 5.97 Å². The van der Waals surface area contributed by atoms with Gasteiger partial charge in [0.2, 0.25) is 0 Å². The van der Waals surface area contributed by atoms with E-state index in [0.29, 0.717) is 19.1 Å². The van der Waals surface area contributed by atoms with Crippen molar-refractivity contribution in [2.45, 2.75) is 58.0 Å². The highest BCUT2D eigenvalue weighted by Crippen LogP contribution is 2.24. The van der Waals surface area contributed by atoms with Gasteiger partial charge < -0.3 is 4.74 Å². The first-order chi connectivity index (χ1) is 9.20. The van der Waals surface area contributed by atoms with Gasteiger partial charge in [0.05, 0.1) is 13.0 Å². The van der Waals surface area contributed by atoms with Crippen LogP contribution in [0.4, 0.5) is 0 Å². The zero-order valence-corrected chi connectivity index (χ0v) is 12.4. The van der Waals surface area contributed by atoms with Gasteiger partial charge in [0.25, 0.3) is 0 Å². The van der Waals surface area contributed by atoms with Crippen LogP contribution in [0.5, 0.6) is 0 Å². The van der Waals surface area contributed by atoms with Gasteiger partial charge in [-0.2, -0.15) is 0 Å². The number of carbonyl (C=O) groups excluding carboxylic acids is 1. The molecule has 1 atom stereocenters. The van der Waals surface area contributed by atoms with Crippen molar-refractivity contribution in [3.05, 3.63) is 0 Å². The summed E-state index contributed by atoms with van der Waals surface area (Å²) in [6.07, 6.45) is 6.11. The number of rotatable bonds is 5. The molecule has 0 spiro atoms. The monoisotopic (exact) mass is 268 g/mol. The van der Waals surface area contributed by atoms with Gasteiger partial charge in [0.1, 0.15) is 0 Å². The number of esters is 1. The van der Waals surface area contributed by atoms with Gasteiger partial charge >= 0.3 is 5.97 Å². The fraction of sp³-hybridized carbons (Fsp3) is 0.933. The van der Waals surface area contributed by atoms with E-state index in [1.165, 1.54) is 25.7 Å². The maximum atomic E-state index is 11.5. The summed E-state index contributed by atoms with van der Waals surface area (Å²) < 4.78 is 5.03. The molecule has 1 saturated heterocycles. The van der Waals surface area contributed by atoms with Crippen molar-refractivity contribution in [3.63, 3.8) is 0 Å². The smallest absolute Gasteiger partial charge is 0.307 e. The number of ether oxygens (including phenoxy) is 1. The molecule has 0 amide bonds. The molecule has 2 fully saturated rings. The molecule has 110 valence electrons. The predicted molar refractivity (Wildman–Crippen MR) is 76.1 cm³/mol. The molecule has 1 heterocycles. The Kier molecular flexibility index (Phi) is 5.64. The van der Waals surface area contributed by atoms with Crippen LogP contribution in [0.25, 0.3) is 0 Å². The largest absolute Gasteiger partial charge is 0.466 e. The zero-order valence-electron chi connectivity index (χ0n) is 12.4. The predicted octanol–water partition coefficient (Wildman–Crippen LogP) is 1.89. The third kappa shape index (κ3) is 4.18. The van der Waals surface area contributed by atoms with Crippen LogP contribution in [0.3, 0.4) is 0 Å². The summed E-state index contributed by atoms with van der Waals surface area (Å²) in [7, 11) is 0. The van der Waals surface area contributed by atoms with Crippen molar-refractivity contribution in [2.24, 2.45) is 0 Å². The van der Waals surface area contributed by atoms with E-state index >= 15 is 0 Å². The molecule has 1 aliphatic carbocycles. The lowest BCUT2D eigenvalue weighted by molar-refractivity contribution is -0.144. The van der Waals surface area contributed by atoms with Gasteiger partial charge in [-0.05, 0) is 26.7 Å². The van der Waals surface area contributed by atoms with Crippen molar-refractivity contribution in [3.8, 4) is 0 Å². The fourth-order valence-electron chi connectivity index (χ4n) is 3.40. The highest BCUT2D eigenvalue weighted by atomic mass is 16.5. The summed E-state index contributed by atoms with van der Waals surface area (Å²) in [4.78, 5) is 16.6. The van der Waals surface area contributed by atoms with Crippen molar-refractivity contribution in [1.82, 2.24) is 9.80 Å². The second-order valence-electron chi connectivity index (χ2n) is 5.87. The van der Waals surface area contributed by atoms with E-state index < -0.39 is 0 Å². The van der Waals surface area contributed by atoms with E-state index in [9.17, 15) is 4.79 Å². The summed E-state index contributed by atoms with van der Waals surface area (Å²) in [6, 6.07) is 1.15. The Morgan fingerprint density at radius 1 is 1.21 bits per heavy atom. The van der Waals surface area contributed by atoms with E-state index in [4.69, 9.17) is 4.74 Å². The minimum absolute atomic E-state index is 0.0618. The molecule has 0 aromatic rings. The molecule has 1 unspecified atom stereocenters. The summed E-state index contributed by atoms with van der Waals surface area (Å²) in [6.45, 7) is 9.01. The van der Waals surface area contributed by atoms with Crippen molar-refractivity contribution < 1.29 is 9.53 Å². The van der Waals surface area contributed by atoms with Crippen LogP contribution in [0.15, 0.2) is 0 Å². The lowest BCUT2D eigenvalue weighted by Gasteiger charge is -2.40. The Hall–Kier alpha value is -0.610. The SMILES string of the molecule is CCOC(=O)CC(C)N1CCN(C2CCCC2)CC1. The van der Waals surface area contributed by atoms with Crippen LogP contribution in [-0.2, 0) is 9.53 Å². The molecule has 0 bridgehead atoms. The van der Waals surface area contributed by atoms with Crippen LogP contribution in [0.2, 0.25) is 0 Å². The van der Waals surface area contributed by atoms with Gasteiger partial charge in [-0.15, -0.1) is 0 Å². The highest BCUT2D eigenvalue weighted by Gasteiger charge is 2.28. The summed E-state index contributed by atoms with van der Waals surface area (Å²) in [5, 5.41) is 0. The molecule has 0 aromatic heterocycles. The van der Waals surface area contributed by atoms with E-state index in [0.717, 1.165) is 32.2 Å². The van der Waals surface area contributed by atoms with Gasteiger partial charge in [0.15, 0.2) is 0 Å². The lowest BCUT2D eigenvalue weighted by atomic mass is 10.1. The van der Waals surface area contributed by atoms with E-state index in [1.807, 2.05) is 6.92 Å². The van der Waals surface area contributed by atoms with Crippen molar-refractivity contribution >= 4 is 5.97 Å². The summed E-state index contributed by atoms with van der Waals surface area (Å²) in [5.41, 5.74) is 0. The number of carbonyl (C=O) groups is 1. The van der Waals surface area contributed by atoms with E-state index in [1.54, 1.807) is 0 Å². The topological polar surface area (TPSA) is 32.8 Å². The quantitative estimate of drug-likeness (QED) is 0.713. The highest BCUT2D eigenvalue weighted by molar-refractivity contribution is 5.70. The van der Waals surface area contributed by atoms with E-state index in [2.05, 4.69) is 16.7 Å². The Morgan fingerprint density at radius 2 is 1.84 bits per heavy atom. The average molecular weight is 268 g/mol. The molecule has 2 rings (SSSR count). The first-order valence-electron chi connectivity index (χ1n) is 7.84. The molecule has 0 aromatic carbocycles. The summed E-state index contributed by atoms with van der Waals surface area (Å²) in [5.74, 6) is -0.0618. The molecular formula is C15H28N2O2. The molecule has 0 N–H and O–H groups in total. The second kappa shape index (κ2) is 7.25. The molecule has 2 aliphatic rings. The van der Waals surface area contributed by atoms with Crippen LogP contribution in [0, 0.1) is 0 Å². The molecule has 4 heteroatoms. The molecule has 19 heavy (non-hydrogen) atoms. The first-order valence-corrected chi connectivity index (χ1v) is 7.84. The minimum atomic E-state index is -0.0618. The number of nitrogens with zero attached hydrogens (tertiary/aromatic N) is 2. The maximum Gasteiger partial charge on any atom is 0.307 e. The minimum Gasteiger partial charge on any atom is -0.466 e. The average Bonchev–Trinajstić information content (AvgIpc) is 2.93. The third-order valence-electron chi connectivity index (χ3n) is 4.58. The molecular weight excluding hydrogens is 240 g/mol. The molecule has 0 radical (unpaired) electrons. The molecule has 1 aliphatic heterocycles. The third-order valence-corrected chi connectivity index (χ3v) is 4.58. The van der Waals surface area contributed by atoms with Gasteiger partial charge in [-0.25, -0.2) is 0 Å². The molecule has 1 saturated carbocycles. The Balaban J connectivity index is 1.71.